The molecule has 228 valence electrons. The van der Waals surface area contributed by atoms with E-state index >= 15 is 0 Å². The van der Waals surface area contributed by atoms with Crippen LogP contribution < -0.4 is 10.6 Å². The average Bonchev–Trinajstić information content (AvgIpc) is 3.72. The van der Waals surface area contributed by atoms with Gasteiger partial charge in [0.1, 0.15) is 40.5 Å². The standard InChI is InChI=1S/C43H29N3O2/c1-3-12-26(13-4-1)30-23-34(40-33-22-28-16-7-8-17-29(28)24-37(33)48-38(40)25-30)43-45-41(27-14-5-2-6-15-27)44-42(46-43)32-19-11-21-36-39(32)31-18-9-10-20-35(31)47-36/h1-25,42-43,46H,(H,44,45). The van der Waals surface area contributed by atoms with Crippen LogP contribution in [0.5, 0.6) is 0 Å². The molecule has 0 amide bonds. The van der Waals surface area contributed by atoms with Crippen LogP contribution in [-0.4, -0.2) is 5.84 Å². The second-order valence-corrected chi connectivity index (χ2v) is 12.4. The fraction of sp³-hybridized carbons (Fsp3) is 0.0465. The summed E-state index contributed by atoms with van der Waals surface area (Å²) in [7, 11) is 0. The molecule has 0 spiro atoms. The largest absolute Gasteiger partial charge is 0.456 e. The highest BCUT2D eigenvalue weighted by molar-refractivity contribution is 6.13. The first-order valence-corrected chi connectivity index (χ1v) is 16.3. The van der Waals surface area contributed by atoms with Crippen LogP contribution >= 0.6 is 0 Å². The lowest BCUT2D eigenvalue weighted by atomic mass is 9.95. The predicted molar refractivity (Wildman–Crippen MR) is 195 cm³/mol. The quantitative estimate of drug-likeness (QED) is 0.206. The number of nitrogens with zero attached hydrogens (tertiary/aromatic N) is 1. The van der Waals surface area contributed by atoms with Crippen molar-refractivity contribution in [2.24, 2.45) is 4.99 Å². The van der Waals surface area contributed by atoms with Gasteiger partial charge in [-0.05, 0) is 58.3 Å². The highest BCUT2D eigenvalue weighted by atomic mass is 16.3. The van der Waals surface area contributed by atoms with E-state index in [4.69, 9.17) is 13.8 Å². The first kappa shape index (κ1) is 27.0. The van der Waals surface area contributed by atoms with E-state index in [2.05, 4.69) is 132 Å². The van der Waals surface area contributed by atoms with E-state index < -0.39 is 0 Å². The van der Waals surface area contributed by atoms with Gasteiger partial charge in [-0.2, -0.15) is 0 Å². The number of para-hydroxylation sites is 1. The maximum absolute atomic E-state index is 6.67. The van der Waals surface area contributed by atoms with E-state index in [1.807, 2.05) is 30.3 Å². The Morgan fingerprint density at radius 2 is 1.12 bits per heavy atom. The molecule has 2 unspecified atom stereocenters. The van der Waals surface area contributed by atoms with Crippen molar-refractivity contribution in [3.63, 3.8) is 0 Å². The summed E-state index contributed by atoms with van der Waals surface area (Å²) in [6.07, 6.45) is -0.653. The lowest BCUT2D eigenvalue weighted by Gasteiger charge is -2.33. The molecule has 1 aliphatic heterocycles. The van der Waals surface area contributed by atoms with Crippen LogP contribution in [0.2, 0.25) is 0 Å². The van der Waals surface area contributed by atoms with Gasteiger partial charge in [0.2, 0.25) is 0 Å². The molecule has 2 N–H and O–H groups in total. The topological polar surface area (TPSA) is 62.7 Å². The maximum Gasteiger partial charge on any atom is 0.136 e. The van der Waals surface area contributed by atoms with Crippen molar-refractivity contribution < 1.29 is 8.83 Å². The highest BCUT2D eigenvalue weighted by Crippen LogP contribution is 2.41. The van der Waals surface area contributed by atoms with E-state index in [1.54, 1.807) is 0 Å². The lowest BCUT2D eigenvalue weighted by Crippen LogP contribution is -2.45. The third-order valence-corrected chi connectivity index (χ3v) is 9.53. The molecule has 0 bridgehead atoms. The number of amidine groups is 1. The maximum atomic E-state index is 6.67. The Hall–Kier alpha value is -6.17. The van der Waals surface area contributed by atoms with Gasteiger partial charge in [0, 0.05) is 38.2 Å². The lowest BCUT2D eigenvalue weighted by molar-refractivity contribution is 0.412. The SMILES string of the molecule is c1ccc(C2=NC(c3cccc4oc5ccccc5c34)NC(c3cc(-c4ccccc4)cc4oc5cc6ccccc6cc5c34)N2)cc1. The fourth-order valence-corrected chi connectivity index (χ4v) is 7.30. The molecule has 48 heavy (non-hydrogen) atoms. The Morgan fingerprint density at radius 1 is 0.458 bits per heavy atom. The van der Waals surface area contributed by atoms with Gasteiger partial charge in [-0.3, -0.25) is 5.32 Å². The average molecular weight is 620 g/mol. The van der Waals surface area contributed by atoms with Crippen LogP contribution in [0, 0.1) is 0 Å². The molecule has 0 radical (unpaired) electrons. The molecule has 0 saturated carbocycles. The van der Waals surface area contributed by atoms with Crippen LogP contribution in [0.25, 0.3) is 65.8 Å². The summed E-state index contributed by atoms with van der Waals surface area (Å²) in [5, 5.41) is 14.4. The summed E-state index contributed by atoms with van der Waals surface area (Å²) in [6, 6.07) is 52.7. The molecular formula is C43H29N3O2. The number of aliphatic imine (C=N–C) groups is 1. The van der Waals surface area contributed by atoms with Crippen molar-refractivity contribution in [3.05, 3.63) is 168 Å². The third kappa shape index (κ3) is 4.33. The molecule has 2 atom stereocenters. The van der Waals surface area contributed by atoms with Crippen LogP contribution in [-0.2, 0) is 0 Å². The van der Waals surface area contributed by atoms with Crippen LogP contribution in [0.15, 0.2) is 165 Å². The van der Waals surface area contributed by atoms with Crippen LogP contribution in [0.3, 0.4) is 0 Å². The Bertz CT molecular complexity index is 2690. The summed E-state index contributed by atoms with van der Waals surface area (Å²) >= 11 is 0. The number of hydrogen-bond acceptors (Lipinski definition) is 5. The highest BCUT2D eigenvalue weighted by Gasteiger charge is 2.30. The zero-order valence-corrected chi connectivity index (χ0v) is 25.9. The minimum absolute atomic E-state index is 0.297. The molecule has 5 nitrogen and oxygen atoms in total. The molecule has 7 aromatic carbocycles. The van der Waals surface area contributed by atoms with Gasteiger partial charge in [-0.1, -0.05) is 115 Å². The van der Waals surface area contributed by atoms with Crippen LogP contribution in [0.4, 0.5) is 0 Å². The number of furan rings is 2. The van der Waals surface area contributed by atoms with Crippen molar-refractivity contribution in [1.82, 2.24) is 10.6 Å². The van der Waals surface area contributed by atoms with E-state index in [9.17, 15) is 0 Å². The number of fused-ring (bicyclic) bond motifs is 7. The minimum Gasteiger partial charge on any atom is -0.456 e. The van der Waals surface area contributed by atoms with Gasteiger partial charge in [0.05, 0.1) is 0 Å². The normalized spacial score (nSPS) is 16.5. The molecule has 0 fully saturated rings. The minimum atomic E-state index is -0.356. The third-order valence-electron chi connectivity index (χ3n) is 9.53. The van der Waals surface area contributed by atoms with Crippen LogP contribution in [0.1, 0.15) is 29.0 Å². The number of nitrogens with one attached hydrogen (secondary N) is 2. The van der Waals surface area contributed by atoms with Crippen molar-refractivity contribution in [3.8, 4) is 11.1 Å². The van der Waals surface area contributed by atoms with Crippen molar-refractivity contribution in [2.45, 2.75) is 12.3 Å². The van der Waals surface area contributed by atoms with E-state index in [0.717, 1.165) is 82.9 Å². The second kappa shape index (κ2) is 10.7. The van der Waals surface area contributed by atoms with Crippen molar-refractivity contribution >= 4 is 60.5 Å². The Labute approximate surface area is 276 Å². The Balaban J connectivity index is 1.22. The van der Waals surface area contributed by atoms with Gasteiger partial charge >= 0.3 is 0 Å². The first-order valence-electron chi connectivity index (χ1n) is 16.3. The molecule has 9 aromatic rings. The van der Waals surface area contributed by atoms with Crippen molar-refractivity contribution in [2.75, 3.05) is 0 Å². The molecule has 0 aliphatic carbocycles. The Morgan fingerprint density at radius 3 is 1.96 bits per heavy atom. The molecule has 5 heteroatoms. The van der Waals surface area contributed by atoms with Gasteiger partial charge in [0.15, 0.2) is 0 Å². The molecule has 1 aliphatic rings. The molecule has 0 saturated heterocycles. The molecule has 3 heterocycles. The van der Waals surface area contributed by atoms with E-state index in [-0.39, 0.29) is 12.3 Å². The van der Waals surface area contributed by atoms with E-state index in [1.165, 1.54) is 5.39 Å². The predicted octanol–water partition coefficient (Wildman–Crippen LogP) is 10.6. The zero-order valence-electron chi connectivity index (χ0n) is 25.9. The molecule has 10 rings (SSSR count). The summed E-state index contributed by atoms with van der Waals surface area (Å²) in [5.41, 5.74) is 8.84. The smallest absolute Gasteiger partial charge is 0.136 e. The van der Waals surface area contributed by atoms with Gasteiger partial charge in [-0.25, -0.2) is 4.99 Å². The van der Waals surface area contributed by atoms with E-state index in [0.29, 0.717) is 0 Å². The van der Waals surface area contributed by atoms with Gasteiger partial charge < -0.3 is 14.2 Å². The van der Waals surface area contributed by atoms with Gasteiger partial charge in [-0.15, -0.1) is 0 Å². The van der Waals surface area contributed by atoms with Gasteiger partial charge in [0.25, 0.3) is 0 Å². The molecule has 2 aromatic heterocycles. The number of benzene rings is 7. The monoisotopic (exact) mass is 619 g/mol. The summed E-state index contributed by atoms with van der Waals surface area (Å²) < 4.78 is 13.0. The fourth-order valence-electron chi connectivity index (χ4n) is 7.30. The Kier molecular flexibility index (Phi) is 6.01. The summed E-state index contributed by atoms with van der Waals surface area (Å²) in [5.74, 6) is 0.825. The number of rotatable bonds is 4. The zero-order chi connectivity index (χ0) is 31.6. The number of hydrogen-bond donors (Lipinski definition) is 2. The van der Waals surface area contributed by atoms with Crippen molar-refractivity contribution in [1.29, 1.82) is 0 Å². The second-order valence-electron chi connectivity index (χ2n) is 12.4. The molecular weight excluding hydrogens is 590 g/mol. The summed E-state index contributed by atoms with van der Waals surface area (Å²) in [4.78, 5) is 5.32. The summed E-state index contributed by atoms with van der Waals surface area (Å²) in [6.45, 7) is 0. The first-order chi connectivity index (χ1) is 23.8.